The molecule has 0 N–H and O–H groups in total. The van der Waals surface area contributed by atoms with Crippen molar-refractivity contribution in [1.29, 1.82) is 0 Å². The Balaban J connectivity index is 4.19. The van der Waals surface area contributed by atoms with Crippen molar-refractivity contribution < 1.29 is 0 Å². The van der Waals surface area contributed by atoms with Gasteiger partial charge in [0.15, 0.2) is 6.15 Å². The Bertz CT molecular complexity index is 142. The molecular formula is C8H18BN. The van der Waals surface area contributed by atoms with E-state index >= 15 is 0 Å². The molecule has 0 bridgehead atoms. The fraction of sp³-hybridized carbons (Fsp3) is 0.875. The SMILES string of the molecule is C[B-](C)(C)C#[N+]C(C)(C)C. The number of nitrogens with zero attached hydrogens (tertiary/aromatic N) is 1. The Hall–Kier alpha value is -0.445. The van der Waals surface area contributed by atoms with E-state index < -0.39 is 6.15 Å². The van der Waals surface area contributed by atoms with Crippen LogP contribution in [0.1, 0.15) is 20.8 Å². The first-order valence-corrected chi connectivity index (χ1v) is 3.97. The first-order valence-electron chi connectivity index (χ1n) is 3.97. The lowest BCUT2D eigenvalue weighted by atomic mass is 9.32. The van der Waals surface area contributed by atoms with Gasteiger partial charge < -0.3 is 0 Å². The van der Waals surface area contributed by atoms with Crippen molar-refractivity contribution in [3.63, 3.8) is 0 Å². The van der Waals surface area contributed by atoms with Crippen LogP contribution >= 0.6 is 0 Å². The van der Waals surface area contributed by atoms with Gasteiger partial charge in [0, 0.05) is 26.7 Å². The largest absolute Gasteiger partial charge is 0.268 e. The highest BCUT2D eigenvalue weighted by atomic mass is 14.8. The fourth-order valence-corrected chi connectivity index (χ4v) is 0.387. The second-order valence-corrected chi connectivity index (χ2v) is 5.01. The van der Waals surface area contributed by atoms with Crippen LogP contribution in [0.5, 0.6) is 0 Å². The molecule has 0 rings (SSSR count). The molecule has 0 radical (unpaired) electrons. The maximum absolute atomic E-state index is 4.31. The van der Waals surface area contributed by atoms with E-state index in [9.17, 15) is 0 Å². The van der Waals surface area contributed by atoms with Gasteiger partial charge >= 0.3 is 0 Å². The molecule has 0 saturated carbocycles. The van der Waals surface area contributed by atoms with E-state index in [0.717, 1.165) is 0 Å². The third kappa shape index (κ3) is 7.55. The highest BCUT2D eigenvalue weighted by Gasteiger charge is 2.19. The van der Waals surface area contributed by atoms with E-state index in [-0.39, 0.29) is 5.54 Å². The molecule has 58 valence electrons. The van der Waals surface area contributed by atoms with Crippen LogP contribution in [0.25, 0.3) is 4.85 Å². The Labute approximate surface area is 64.6 Å². The van der Waals surface area contributed by atoms with Gasteiger partial charge in [0.25, 0.3) is 5.54 Å². The first-order chi connectivity index (χ1) is 4.21. The third-order valence-corrected chi connectivity index (χ3v) is 0.787. The van der Waals surface area contributed by atoms with Crippen LogP contribution in [-0.2, 0) is 0 Å². The lowest BCUT2D eigenvalue weighted by Gasteiger charge is -2.05. The van der Waals surface area contributed by atoms with Crippen LogP contribution < -0.4 is 0 Å². The Morgan fingerprint density at radius 2 is 1.50 bits per heavy atom. The van der Waals surface area contributed by atoms with Gasteiger partial charge in [-0.25, -0.2) is 0 Å². The highest BCUT2D eigenvalue weighted by molar-refractivity contribution is 6.83. The summed E-state index contributed by atoms with van der Waals surface area (Å²) in [5, 5.41) is 0. The monoisotopic (exact) mass is 139 g/mol. The molecule has 0 aromatic heterocycles. The van der Waals surface area contributed by atoms with Gasteiger partial charge in [-0.05, 0) is 0 Å². The number of hydrogen-bond acceptors (Lipinski definition) is 0. The van der Waals surface area contributed by atoms with Crippen molar-refractivity contribution in [1.82, 2.24) is 0 Å². The normalized spacial score (nSPS) is 12.2. The Kier molecular flexibility index (Phi) is 2.54. The molecule has 0 heterocycles. The lowest BCUT2D eigenvalue weighted by Crippen LogP contribution is -2.18. The Morgan fingerprint density at radius 3 is 1.60 bits per heavy atom. The predicted molar refractivity (Wildman–Crippen MR) is 50.3 cm³/mol. The lowest BCUT2D eigenvalue weighted by molar-refractivity contribution is 0.689. The van der Waals surface area contributed by atoms with E-state index in [1.54, 1.807) is 0 Å². The molecule has 2 heteroatoms. The Morgan fingerprint density at radius 1 is 1.10 bits per heavy atom. The summed E-state index contributed by atoms with van der Waals surface area (Å²) in [6, 6.07) is 0. The summed E-state index contributed by atoms with van der Waals surface area (Å²) in [4.78, 5) is 4.31. The minimum Gasteiger partial charge on any atom is -0.172 e. The molecule has 0 saturated heterocycles. The van der Waals surface area contributed by atoms with E-state index in [2.05, 4.69) is 52.1 Å². The fourth-order valence-electron chi connectivity index (χ4n) is 0.387. The zero-order valence-corrected chi connectivity index (χ0v) is 8.02. The molecule has 10 heavy (non-hydrogen) atoms. The van der Waals surface area contributed by atoms with Crippen LogP contribution in [0.15, 0.2) is 0 Å². The number of rotatable bonds is 0. The average Bonchev–Trinajstić information content (AvgIpc) is 1.57. The minimum absolute atomic E-state index is 0.0367. The molecule has 0 aromatic rings. The van der Waals surface area contributed by atoms with Crippen LogP contribution in [0, 0.1) is 5.97 Å². The van der Waals surface area contributed by atoms with E-state index in [1.165, 1.54) is 0 Å². The molecule has 0 aromatic carbocycles. The van der Waals surface area contributed by atoms with Crippen LogP contribution in [0.2, 0.25) is 20.5 Å². The second kappa shape index (κ2) is 2.66. The molecule has 0 aliphatic heterocycles. The maximum Gasteiger partial charge on any atom is 0.268 e. The molecule has 0 aliphatic rings. The van der Waals surface area contributed by atoms with Gasteiger partial charge in [-0.2, -0.15) is 20.5 Å². The molecule has 0 unspecified atom stereocenters. The van der Waals surface area contributed by atoms with E-state index in [4.69, 9.17) is 0 Å². The smallest absolute Gasteiger partial charge is 0.172 e. The maximum atomic E-state index is 4.31. The van der Waals surface area contributed by atoms with Crippen molar-refractivity contribution in [3.05, 3.63) is 4.85 Å². The van der Waals surface area contributed by atoms with Crippen LogP contribution in [0.3, 0.4) is 0 Å². The van der Waals surface area contributed by atoms with Crippen molar-refractivity contribution in [2.75, 3.05) is 0 Å². The first kappa shape index (κ1) is 9.55. The second-order valence-electron chi connectivity index (χ2n) is 5.01. The van der Waals surface area contributed by atoms with Crippen LogP contribution in [0.4, 0.5) is 0 Å². The molecule has 1 nitrogen and oxygen atoms in total. The predicted octanol–water partition coefficient (Wildman–Crippen LogP) is 3.00. The van der Waals surface area contributed by atoms with Crippen molar-refractivity contribution in [3.8, 4) is 5.97 Å². The van der Waals surface area contributed by atoms with Gasteiger partial charge in [-0.15, -0.1) is 4.85 Å². The minimum atomic E-state index is -0.483. The number of hydrogen-bond donors (Lipinski definition) is 0. The molecule has 0 fully saturated rings. The van der Waals surface area contributed by atoms with Crippen LogP contribution in [-0.4, -0.2) is 11.7 Å². The summed E-state index contributed by atoms with van der Waals surface area (Å²) in [6.45, 7) is 12.7. The summed E-state index contributed by atoms with van der Waals surface area (Å²) in [7, 11) is 0. The van der Waals surface area contributed by atoms with Crippen molar-refractivity contribution >= 4 is 6.15 Å². The quantitative estimate of drug-likeness (QED) is 0.454. The molecule has 0 spiro atoms. The zero-order chi connectivity index (χ0) is 8.41. The highest BCUT2D eigenvalue weighted by Crippen LogP contribution is 2.07. The summed E-state index contributed by atoms with van der Waals surface area (Å²) in [5.74, 6) is 3.15. The van der Waals surface area contributed by atoms with Gasteiger partial charge in [0.2, 0.25) is 0 Å². The van der Waals surface area contributed by atoms with Gasteiger partial charge in [0.05, 0.1) is 0 Å². The molecular weight excluding hydrogens is 121 g/mol. The van der Waals surface area contributed by atoms with E-state index in [0.29, 0.717) is 0 Å². The summed E-state index contributed by atoms with van der Waals surface area (Å²) >= 11 is 0. The third-order valence-electron chi connectivity index (χ3n) is 0.787. The average molecular weight is 139 g/mol. The molecule has 0 atom stereocenters. The van der Waals surface area contributed by atoms with Gasteiger partial charge in [-0.1, -0.05) is 0 Å². The summed E-state index contributed by atoms with van der Waals surface area (Å²) < 4.78 is 0. The standard InChI is InChI=1S/C8H18BN/c1-8(2,3)10-7-9(4,5)6/h1-6H3. The zero-order valence-electron chi connectivity index (χ0n) is 8.02. The summed E-state index contributed by atoms with van der Waals surface area (Å²) in [5.41, 5.74) is 0.0367. The molecule has 0 aliphatic carbocycles. The van der Waals surface area contributed by atoms with Gasteiger partial charge in [0.1, 0.15) is 0 Å². The topological polar surface area (TPSA) is 4.36 Å². The van der Waals surface area contributed by atoms with Crippen molar-refractivity contribution in [2.45, 2.75) is 46.8 Å². The summed E-state index contributed by atoms with van der Waals surface area (Å²) in [6.07, 6.45) is -0.483. The van der Waals surface area contributed by atoms with E-state index in [1.807, 2.05) is 0 Å². The van der Waals surface area contributed by atoms with Crippen molar-refractivity contribution in [2.24, 2.45) is 0 Å². The molecule has 0 amide bonds. The van der Waals surface area contributed by atoms with Gasteiger partial charge in [-0.3, -0.25) is 0 Å².